The first-order valence-corrected chi connectivity index (χ1v) is 50.5. The average molecular weight is 1750 g/mol. The topological polar surface area (TPSA) is 380 Å². The number of rotatable bonds is 79. The Bertz CT molecular complexity index is 2620. The summed E-state index contributed by atoms with van der Waals surface area (Å²) in [5.41, 5.74) is 0. The first-order valence-electron chi connectivity index (χ1n) is 49.0. The van der Waals surface area contributed by atoms with Gasteiger partial charge in [-0.3, -0.25) is 28.2 Å². The van der Waals surface area contributed by atoms with E-state index < -0.39 is 162 Å². The number of unbranched alkanes of at least 4 members (excludes halogenated alkanes) is 47. The van der Waals surface area contributed by atoms with Crippen LogP contribution in [0.3, 0.4) is 0 Å². The van der Waals surface area contributed by atoms with Crippen LogP contribution >= 0.6 is 7.82 Å². The summed E-state index contributed by atoms with van der Waals surface area (Å²) in [6.07, 6.45) is 32.9. The number of carbonyl (C=O) groups is 4. The van der Waals surface area contributed by atoms with Gasteiger partial charge in [-0.1, -0.05) is 341 Å². The van der Waals surface area contributed by atoms with E-state index in [4.69, 9.17) is 46.9 Å². The maximum atomic E-state index is 14.9. The number of hydrogen-bond acceptors (Lipinski definition) is 24. The molecule has 0 aromatic heterocycles. The molecule has 19 atom stereocenters. The molecular weight excluding hydrogens is 1570 g/mol. The van der Waals surface area contributed by atoms with Gasteiger partial charge in [-0.25, -0.2) is 4.57 Å². The Morgan fingerprint density at radius 1 is 0.347 bits per heavy atom. The molecule has 2 saturated heterocycles. The van der Waals surface area contributed by atoms with Crippen molar-refractivity contribution >= 4 is 31.7 Å². The number of aliphatic hydroxyl groups excluding tert-OH is 9. The van der Waals surface area contributed by atoms with Crippen molar-refractivity contribution in [2.24, 2.45) is 5.92 Å². The molecule has 3 rings (SSSR count). The number of phosphoric acid groups is 1. The second kappa shape index (κ2) is 72.8. The van der Waals surface area contributed by atoms with Crippen LogP contribution in [0, 0.1) is 5.92 Å². The molecule has 1 aliphatic carbocycles. The summed E-state index contributed by atoms with van der Waals surface area (Å²) < 4.78 is 73.6. The summed E-state index contributed by atoms with van der Waals surface area (Å²) in [5.74, 6) is -2.30. The largest absolute Gasteiger partial charge is 0.472 e. The summed E-state index contributed by atoms with van der Waals surface area (Å²) in [6, 6.07) is 0. The molecule has 0 radical (unpaired) electrons. The van der Waals surface area contributed by atoms with E-state index in [1.807, 2.05) is 0 Å². The van der Waals surface area contributed by atoms with Crippen molar-refractivity contribution in [1.29, 1.82) is 0 Å². The maximum absolute atomic E-state index is 14.9. The van der Waals surface area contributed by atoms with Gasteiger partial charge in [0.25, 0.3) is 0 Å². The van der Waals surface area contributed by atoms with Gasteiger partial charge < -0.3 is 88.7 Å². The lowest BCUT2D eigenvalue weighted by atomic mass is 9.84. The zero-order chi connectivity index (χ0) is 88.4. The number of ether oxygens (including phenoxy) is 8. The molecule has 25 nitrogen and oxygen atoms in total. The van der Waals surface area contributed by atoms with Gasteiger partial charge in [0.15, 0.2) is 24.8 Å². The minimum Gasteiger partial charge on any atom is -0.463 e. The van der Waals surface area contributed by atoms with Gasteiger partial charge in [0, 0.05) is 25.7 Å². The maximum Gasteiger partial charge on any atom is 0.472 e. The predicted molar refractivity (Wildman–Crippen MR) is 472 cm³/mol. The third kappa shape index (κ3) is 52.9. The first-order chi connectivity index (χ1) is 58.6. The van der Waals surface area contributed by atoms with E-state index in [-0.39, 0.29) is 25.7 Å². The molecule has 0 amide bonds. The highest BCUT2D eigenvalue weighted by atomic mass is 31.2. The normalized spacial score (nSPS) is 25.0. The van der Waals surface area contributed by atoms with Gasteiger partial charge in [0.1, 0.15) is 92.6 Å². The summed E-state index contributed by atoms with van der Waals surface area (Å²) in [5, 5.41) is 102. The molecule has 10 N–H and O–H groups in total. The number of hydrogen-bond donors (Lipinski definition) is 10. The van der Waals surface area contributed by atoms with Crippen molar-refractivity contribution in [3.63, 3.8) is 0 Å². The zero-order valence-electron chi connectivity index (χ0n) is 76.0. The molecule has 1 saturated carbocycles. The Hall–Kier alpha value is -3.05. The Balaban J connectivity index is 1.91. The average Bonchev–Trinajstić information content (AvgIpc) is 0.753. The minimum absolute atomic E-state index is 0.00885. The van der Waals surface area contributed by atoms with Crippen molar-refractivity contribution in [3.8, 4) is 0 Å². The fourth-order valence-electron chi connectivity index (χ4n) is 16.2. The molecule has 3 fully saturated rings. The van der Waals surface area contributed by atoms with E-state index in [0.717, 1.165) is 161 Å². The van der Waals surface area contributed by atoms with Crippen LogP contribution in [0.1, 0.15) is 420 Å². The van der Waals surface area contributed by atoms with E-state index in [9.17, 15) is 74.6 Å². The molecule has 3 aliphatic rings. The minimum atomic E-state index is -5.81. The standard InChI is InChI=1S/C95H175O25P/c1-6-10-14-18-22-25-28-31-34-37-39-41-44-47-54-60-66-78(97)111-71-75(114-80(99)68-62-57-51-50-53-59-65-74(5)64-58-52-21-17-13-9-4)72-113-121(109,110)120-93-91(118-94-88(107)84(103)82(101)76(70-96)115-94)87(106)86(105)90(117-81(100)69-63-56-49-46-43-40-36-33-30-27-24-20-16-12-8-3)92(93)119-95-89(108)85(104)83(102)77(116-95)73-112-79(98)67-61-55-48-45-42-38-35-32-29-26-23-19-15-11-7-2/h26-27,29-30,74-77,82-96,101-108H,6-25,28,31-73H2,1-5H3,(H,109,110)/b29-26-,30-27-. The highest BCUT2D eigenvalue weighted by Crippen LogP contribution is 2.49. The van der Waals surface area contributed by atoms with E-state index >= 15 is 0 Å². The number of carbonyl (C=O) groups excluding carboxylic acids is 4. The molecule has 0 aromatic rings. The molecule has 0 bridgehead atoms. The molecule has 0 spiro atoms. The number of esters is 4. The zero-order valence-corrected chi connectivity index (χ0v) is 76.9. The van der Waals surface area contributed by atoms with Crippen LogP contribution in [-0.4, -0.2) is 205 Å². The summed E-state index contributed by atoms with van der Waals surface area (Å²) in [4.78, 5) is 66.7. The second-order valence-electron chi connectivity index (χ2n) is 35.2. The number of allylic oxidation sites excluding steroid dienone is 4. The Kier molecular flexibility index (Phi) is 67.5. The van der Waals surface area contributed by atoms with Crippen LogP contribution in [0.2, 0.25) is 0 Å². The number of phosphoric ester groups is 1. The molecule has 19 unspecified atom stereocenters. The van der Waals surface area contributed by atoms with Crippen LogP contribution < -0.4 is 0 Å². The van der Waals surface area contributed by atoms with Gasteiger partial charge in [-0.15, -0.1) is 0 Å². The SMILES string of the molecule is CCCCCC/C=C\CCCCCCCCCC(=O)OCC1OC(OC2C(OC(=O)CCCCCCCCC/C=C\CCCCCC)C(O)C(O)C(OC3OC(CO)C(O)C(O)C3O)C2OP(=O)(O)OCC(COC(=O)CCCCCCCCCCCCCCCCCC)OC(=O)CCCCCCCCC(C)CCCCCCCC)C(O)C(O)C1O. The van der Waals surface area contributed by atoms with Crippen molar-refractivity contribution in [1.82, 2.24) is 0 Å². The molecule has 2 aliphatic heterocycles. The first kappa shape index (κ1) is 112. The summed E-state index contributed by atoms with van der Waals surface area (Å²) in [7, 11) is -5.81. The fourth-order valence-corrected chi connectivity index (χ4v) is 17.2. The number of aliphatic hydroxyl groups is 9. The molecule has 710 valence electrons. The monoisotopic (exact) mass is 1750 g/mol. The van der Waals surface area contributed by atoms with Crippen LogP contribution in [0.4, 0.5) is 0 Å². The van der Waals surface area contributed by atoms with Gasteiger partial charge >= 0.3 is 31.7 Å². The summed E-state index contributed by atoms with van der Waals surface area (Å²) in [6.45, 7) is 7.93. The molecule has 0 aromatic carbocycles. The van der Waals surface area contributed by atoms with Crippen molar-refractivity contribution in [2.75, 3.05) is 26.4 Å². The van der Waals surface area contributed by atoms with Crippen LogP contribution in [-0.2, 0) is 70.7 Å². The van der Waals surface area contributed by atoms with Gasteiger partial charge in [-0.2, -0.15) is 0 Å². The molecule has 2 heterocycles. The van der Waals surface area contributed by atoms with Crippen LogP contribution in [0.15, 0.2) is 24.3 Å². The van der Waals surface area contributed by atoms with E-state index in [1.54, 1.807) is 0 Å². The molecule has 26 heteroatoms. The quantitative estimate of drug-likeness (QED) is 0.00889. The summed E-state index contributed by atoms with van der Waals surface area (Å²) >= 11 is 0. The van der Waals surface area contributed by atoms with Crippen molar-refractivity contribution in [3.05, 3.63) is 24.3 Å². The van der Waals surface area contributed by atoms with Crippen molar-refractivity contribution in [2.45, 2.75) is 524 Å². The molecular formula is C95H175O25P. The van der Waals surface area contributed by atoms with Gasteiger partial charge in [-0.05, 0) is 83.0 Å². The van der Waals surface area contributed by atoms with E-state index in [1.165, 1.54) is 167 Å². The third-order valence-corrected chi connectivity index (χ3v) is 25.1. The van der Waals surface area contributed by atoms with E-state index in [2.05, 4.69) is 58.9 Å². The van der Waals surface area contributed by atoms with Gasteiger partial charge in [0.05, 0.1) is 13.2 Å². The lowest BCUT2D eigenvalue weighted by molar-refractivity contribution is -0.360. The van der Waals surface area contributed by atoms with Gasteiger partial charge in [0.2, 0.25) is 0 Å². The Morgan fingerprint density at radius 2 is 0.669 bits per heavy atom. The highest BCUT2D eigenvalue weighted by molar-refractivity contribution is 7.47. The van der Waals surface area contributed by atoms with E-state index in [0.29, 0.717) is 38.0 Å². The Morgan fingerprint density at radius 3 is 1.07 bits per heavy atom. The van der Waals surface area contributed by atoms with Crippen LogP contribution in [0.25, 0.3) is 0 Å². The van der Waals surface area contributed by atoms with Crippen LogP contribution in [0.5, 0.6) is 0 Å². The lowest BCUT2D eigenvalue weighted by Gasteiger charge is -2.50. The lowest BCUT2D eigenvalue weighted by Crippen LogP contribution is -2.70. The smallest absolute Gasteiger partial charge is 0.463 e. The highest BCUT2D eigenvalue weighted by Gasteiger charge is 2.60. The second-order valence-corrected chi connectivity index (χ2v) is 36.6. The fraction of sp³-hybridized carbons (Fsp3) is 0.916. The van der Waals surface area contributed by atoms with Crippen molar-refractivity contribution < 1.29 is 122 Å². The predicted octanol–water partition coefficient (Wildman–Crippen LogP) is 18.7. The Labute approximate surface area is 730 Å². The third-order valence-electron chi connectivity index (χ3n) is 24.1. The molecule has 121 heavy (non-hydrogen) atoms.